The third-order valence-electron chi connectivity index (χ3n) is 4.76. The zero-order chi connectivity index (χ0) is 19.2. The first kappa shape index (κ1) is 19.2. The van der Waals surface area contributed by atoms with Crippen LogP contribution in [-0.2, 0) is 22.5 Å². The summed E-state index contributed by atoms with van der Waals surface area (Å²) in [6, 6.07) is 5.68. The number of amides is 1. The molecular weight excluding hydrogens is 342 g/mol. The van der Waals surface area contributed by atoms with Gasteiger partial charge in [-0.05, 0) is 31.9 Å². The molecule has 1 amide bonds. The largest absolute Gasteiger partial charge is 0.377 e. The number of anilines is 1. The van der Waals surface area contributed by atoms with Crippen LogP contribution in [0, 0.1) is 0 Å². The molecule has 0 fully saturated rings. The van der Waals surface area contributed by atoms with Crippen LogP contribution in [0.2, 0.25) is 0 Å². The number of nitrogens with one attached hydrogen (secondary N) is 1. The lowest BCUT2D eigenvalue weighted by Gasteiger charge is -2.29. The van der Waals surface area contributed by atoms with Crippen LogP contribution < -0.4 is 5.32 Å². The van der Waals surface area contributed by atoms with E-state index in [0.717, 1.165) is 35.6 Å². The molecule has 0 aromatic carbocycles. The Morgan fingerprint density at radius 2 is 2.19 bits per heavy atom. The summed E-state index contributed by atoms with van der Waals surface area (Å²) in [6.45, 7) is 8.28. The van der Waals surface area contributed by atoms with Crippen molar-refractivity contribution in [3.8, 4) is 11.5 Å². The van der Waals surface area contributed by atoms with Gasteiger partial charge in [-0.2, -0.15) is 0 Å². The summed E-state index contributed by atoms with van der Waals surface area (Å²) < 4.78 is 5.75. The van der Waals surface area contributed by atoms with Crippen molar-refractivity contribution in [3.63, 3.8) is 0 Å². The molecule has 0 saturated heterocycles. The van der Waals surface area contributed by atoms with Crippen LogP contribution in [0.3, 0.4) is 0 Å². The summed E-state index contributed by atoms with van der Waals surface area (Å²) in [5.74, 6) is 1.46. The Morgan fingerprint density at radius 3 is 2.85 bits per heavy atom. The highest BCUT2D eigenvalue weighted by Gasteiger charge is 2.24. The highest BCUT2D eigenvalue weighted by molar-refractivity contribution is 5.74. The second-order valence-corrected chi connectivity index (χ2v) is 6.59. The monoisotopic (exact) mass is 369 g/mol. The van der Waals surface area contributed by atoms with Gasteiger partial charge in [0.25, 0.3) is 0 Å². The van der Waals surface area contributed by atoms with Crippen LogP contribution >= 0.6 is 0 Å². The predicted molar refractivity (Wildman–Crippen MR) is 104 cm³/mol. The number of rotatable bonds is 7. The molecule has 0 saturated carbocycles. The highest BCUT2D eigenvalue weighted by atomic mass is 16.5. The Morgan fingerprint density at radius 1 is 1.33 bits per heavy atom. The number of pyridine rings is 1. The molecule has 1 aliphatic rings. The third-order valence-corrected chi connectivity index (χ3v) is 4.76. The lowest BCUT2D eigenvalue weighted by molar-refractivity contribution is -0.129. The van der Waals surface area contributed by atoms with E-state index in [1.54, 1.807) is 13.1 Å². The van der Waals surface area contributed by atoms with Gasteiger partial charge in [0, 0.05) is 38.4 Å². The zero-order valence-corrected chi connectivity index (χ0v) is 16.2. The van der Waals surface area contributed by atoms with Crippen molar-refractivity contribution in [2.24, 2.45) is 0 Å². The molecule has 7 heteroatoms. The molecule has 1 unspecified atom stereocenters. The van der Waals surface area contributed by atoms with Gasteiger partial charge in [-0.25, -0.2) is 9.97 Å². The van der Waals surface area contributed by atoms with Crippen LogP contribution in [0.25, 0.3) is 11.5 Å². The summed E-state index contributed by atoms with van der Waals surface area (Å²) in [5, 5.41) is 3.46. The van der Waals surface area contributed by atoms with Gasteiger partial charge in [-0.1, -0.05) is 13.0 Å². The number of aromatic nitrogens is 3. The Bertz CT molecular complexity index is 781. The van der Waals surface area contributed by atoms with Gasteiger partial charge >= 0.3 is 0 Å². The van der Waals surface area contributed by atoms with Gasteiger partial charge in [0.05, 0.1) is 18.3 Å². The molecule has 27 heavy (non-hydrogen) atoms. The number of hydrogen-bond acceptors (Lipinski definition) is 6. The Balaban J connectivity index is 1.93. The molecule has 144 valence electrons. The molecule has 3 heterocycles. The zero-order valence-electron chi connectivity index (χ0n) is 16.2. The standard InChI is InChI=1S/C20H27N5O2/c1-4-15(27-5-2)12-22-19-16-9-11-25(14(3)26)13-18(16)23-20(24-19)17-8-6-7-10-21-17/h6-8,10,15H,4-5,9,11-13H2,1-3H3,(H,22,23,24). The van der Waals surface area contributed by atoms with Crippen LogP contribution in [0.4, 0.5) is 5.82 Å². The minimum Gasteiger partial charge on any atom is -0.377 e. The molecule has 1 N–H and O–H groups in total. The van der Waals surface area contributed by atoms with E-state index in [1.165, 1.54) is 0 Å². The lowest BCUT2D eigenvalue weighted by atomic mass is 10.0. The fourth-order valence-electron chi connectivity index (χ4n) is 3.22. The van der Waals surface area contributed by atoms with Crippen LogP contribution in [-0.4, -0.2) is 51.6 Å². The quantitative estimate of drug-likeness (QED) is 0.808. The van der Waals surface area contributed by atoms with E-state index in [-0.39, 0.29) is 12.0 Å². The van der Waals surface area contributed by atoms with Crippen LogP contribution in [0.1, 0.15) is 38.4 Å². The van der Waals surface area contributed by atoms with Crippen molar-refractivity contribution >= 4 is 11.7 Å². The molecule has 2 aromatic heterocycles. The van der Waals surface area contributed by atoms with E-state index in [1.807, 2.05) is 30.0 Å². The van der Waals surface area contributed by atoms with Gasteiger partial charge in [0.1, 0.15) is 11.5 Å². The molecule has 0 radical (unpaired) electrons. The maximum Gasteiger partial charge on any atom is 0.219 e. The van der Waals surface area contributed by atoms with Gasteiger partial charge in [-0.3, -0.25) is 9.78 Å². The summed E-state index contributed by atoms with van der Waals surface area (Å²) in [5.41, 5.74) is 2.69. The Labute approximate surface area is 160 Å². The highest BCUT2D eigenvalue weighted by Crippen LogP contribution is 2.26. The molecule has 1 aliphatic heterocycles. The Hall–Kier alpha value is -2.54. The molecule has 1 atom stereocenters. The molecule has 2 aromatic rings. The smallest absolute Gasteiger partial charge is 0.219 e. The molecule has 0 spiro atoms. The maximum absolute atomic E-state index is 11.8. The van der Waals surface area contributed by atoms with Crippen LogP contribution in [0.5, 0.6) is 0 Å². The van der Waals surface area contributed by atoms with Crippen molar-refractivity contribution in [1.82, 2.24) is 19.9 Å². The topological polar surface area (TPSA) is 80.2 Å². The number of carbonyl (C=O) groups excluding carboxylic acids is 1. The van der Waals surface area contributed by atoms with E-state index < -0.39 is 0 Å². The summed E-state index contributed by atoms with van der Waals surface area (Å²) in [4.78, 5) is 27.5. The van der Waals surface area contributed by atoms with E-state index in [4.69, 9.17) is 14.7 Å². The van der Waals surface area contributed by atoms with Crippen molar-refractivity contribution in [2.45, 2.75) is 46.3 Å². The van der Waals surface area contributed by atoms with Gasteiger partial charge in [0.2, 0.25) is 5.91 Å². The minimum atomic E-state index is 0.0653. The van der Waals surface area contributed by atoms with E-state index >= 15 is 0 Å². The normalized spacial score (nSPS) is 14.6. The molecular formula is C20H27N5O2. The first-order valence-electron chi connectivity index (χ1n) is 9.54. The van der Waals surface area contributed by atoms with Crippen molar-refractivity contribution in [1.29, 1.82) is 0 Å². The number of ether oxygens (including phenoxy) is 1. The van der Waals surface area contributed by atoms with E-state index in [9.17, 15) is 4.79 Å². The molecule has 3 rings (SSSR count). The van der Waals surface area contributed by atoms with E-state index in [2.05, 4.69) is 17.2 Å². The molecule has 7 nitrogen and oxygen atoms in total. The average Bonchev–Trinajstić information content (AvgIpc) is 2.70. The van der Waals surface area contributed by atoms with E-state index in [0.29, 0.717) is 32.1 Å². The minimum absolute atomic E-state index is 0.0653. The summed E-state index contributed by atoms with van der Waals surface area (Å²) in [7, 11) is 0. The Kier molecular flexibility index (Phi) is 6.34. The SMILES string of the molecule is CCOC(CC)CNc1nc(-c2ccccn2)nc2c1CCN(C(C)=O)C2. The molecule has 0 aliphatic carbocycles. The first-order chi connectivity index (χ1) is 13.1. The predicted octanol–water partition coefficient (Wildman–Crippen LogP) is 2.67. The average molecular weight is 369 g/mol. The lowest BCUT2D eigenvalue weighted by Crippen LogP contribution is -2.36. The van der Waals surface area contributed by atoms with Gasteiger partial charge in [0.15, 0.2) is 5.82 Å². The molecule has 0 bridgehead atoms. The second-order valence-electron chi connectivity index (χ2n) is 6.59. The number of fused-ring (bicyclic) bond motifs is 1. The number of hydrogen-bond donors (Lipinski definition) is 1. The summed E-state index contributed by atoms with van der Waals surface area (Å²) >= 11 is 0. The fraction of sp³-hybridized carbons (Fsp3) is 0.500. The fourth-order valence-corrected chi connectivity index (χ4v) is 3.22. The number of nitrogens with zero attached hydrogens (tertiary/aromatic N) is 4. The van der Waals surface area contributed by atoms with Crippen LogP contribution in [0.15, 0.2) is 24.4 Å². The van der Waals surface area contributed by atoms with Crippen molar-refractivity contribution < 1.29 is 9.53 Å². The summed E-state index contributed by atoms with van der Waals surface area (Å²) in [6.07, 6.45) is 3.54. The van der Waals surface area contributed by atoms with Crippen molar-refractivity contribution in [3.05, 3.63) is 35.7 Å². The second kappa shape index (κ2) is 8.90. The third kappa shape index (κ3) is 4.60. The first-order valence-corrected chi connectivity index (χ1v) is 9.54. The maximum atomic E-state index is 11.8. The van der Waals surface area contributed by atoms with Crippen molar-refractivity contribution in [2.75, 3.05) is 25.0 Å². The van der Waals surface area contributed by atoms with Gasteiger partial charge < -0.3 is 15.0 Å². The van der Waals surface area contributed by atoms with Gasteiger partial charge in [-0.15, -0.1) is 0 Å². The number of carbonyl (C=O) groups is 1.